The van der Waals surface area contributed by atoms with Crippen molar-refractivity contribution in [2.75, 3.05) is 13.2 Å². The van der Waals surface area contributed by atoms with Crippen LogP contribution in [0.25, 0.3) is 0 Å². The van der Waals surface area contributed by atoms with Crippen molar-refractivity contribution in [1.29, 1.82) is 0 Å². The molecular weight excluding hydrogens is 827 g/mol. The second-order valence-electron chi connectivity index (χ2n) is 21.4. The SMILES string of the molecule is CCCCCCCCCCCCCCCCC(=O)OCCCCCCCCCCCCCCCCCCCCCCCCCC(=O)NC(CO)C(O)CCCCCCCCCCCCCCC. The van der Waals surface area contributed by atoms with Crippen molar-refractivity contribution in [1.82, 2.24) is 5.32 Å². The summed E-state index contributed by atoms with van der Waals surface area (Å²) in [6.07, 6.45) is 66.8. The second kappa shape index (κ2) is 57.4. The lowest BCUT2D eigenvalue weighted by Gasteiger charge is -2.22. The van der Waals surface area contributed by atoms with Gasteiger partial charge in [0, 0.05) is 12.8 Å². The minimum atomic E-state index is -0.662. The average molecular weight is 949 g/mol. The fourth-order valence-electron chi connectivity index (χ4n) is 9.94. The molecule has 0 aliphatic heterocycles. The lowest BCUT2D eigenvalue weighted by atomic mass is 10.0. The number of carbonyl (C=O) groups is 2. The van der Waals surface area contributed by atoms with E-state index in [2.05, 4.69) is 19.2 Å². The molecule has 0 bridgehead atoms. The van der Waals surface area contributed by atoms with Gasteiger partial charge < -0.3 is 20.3 Å². The van der Waals surface area contributed by atoms with E-state index in [1.165, 1.54) is 283 Å². The topological polar surface area (TPSA) is 95.9 Å². The van der Waals surface area contributed by atoms with Crippen molar-refractivity contribution in [3.8, 4) is 0 Å². The van der Waals surface area contributed by atoms with Gasteiger partial charge in [-0.15, -0.1) is 0 Å². The van der Waals surface area contributed by atoms with Gasteiger partial charge in [-0.1, -0.05) is 316 Å². The van der Waals surface area contributed by atoms with E-state index in [1.807, 2.05) is 0 Å². The van der Waals surface area contributed by atoms with Gasteiger partial charge in [0.15, 0.2) is 0 Å². The maximum atomic E-state index is 12.5. The number of nitrogens with one attached hydrogen (secondary N) is 1. The third-order valence-electron chi connectivity index (χ3n) is 14.7. The first kappa shape index (κ1) is 65.9. The zero-order valence-corrected chi connectivity index (χ0v) is 45.7. The molecule has 0 rings (SSSR count). The van der Waals surface area contributed by atoms with E-state index < -0.39 is 12.1 Å². The summed E-state index contributed by atoms with van der Waals surface area (Å²) in [6.45, 7) is 4.98. The summed E-state index contributed by atoms with van der Waals surface area (Å²) in [4.78, 5) is 24.5. The molecule has 0 saturated heterocycles. The van der Waals surface area contributed by atoms with Crippen molar-refractivity contribution in [3.05, 3.63) is 0 Å². The molecule has 6 heteroatoms. The Labute approximate surface area is 419 Å². The Kier molecular flexibility index (Phi) is 56.5. The first-order valence-corrected chi connectivity index (χ1v) is 30.8. The number of unbranched alkanes of at least 4 members (excludes halogenated alkanes) is 47. The largest absolute Gasteiger partial charge is 0.466 e. The summed E-state index contributed by atoms with van der Waals surface area (Å²) in [5, 5.41) is 23.2. The van der Waals surface area contributed by atoms with E-state index in [9.17, 15) is 19.8 Å². The van der Waals surface area contributed by atoms with E-state index >= 15 is 0 Å². The van der Waals surface area contributed by atoms with Crippen LogP contribution in [-0.2, 0) is 14.3 Å². The van der Waals surface area contributed by atoms with Crippen LogP contribution in [0.2, 0.25) is 0 Å². The maximum absolute atomic E-state index is 12.5. The molecule has 0 fully saturated rings. The Balaban J connectivity index is 3.34. The van der Waals surface area contributed by atoms with Crippen LogP contribution in [0.1, 0.15) is 354 Å². The number of esters is 1. The van der Waals surface area contributed by atoms with Crippen molar-refractivity contribution in [3.63, 3.8) is 0 Å². The summed E-state index contributed by atoms with van der Waals surface area (Å²) >= 11 is 0. The fraction of sp³-hybridized carbons (Fsp3) is 0.967. The Morgan fingerprint density at radius 3 is 0.910 bits per heavy atom. The highest BCUT2D eigenvalue weighted by molar-refractivity contribution is 5.76. The normalized spacial score (nSPS) is 12.5. The number of hydrogen-bond donors (Lipinski definition) is 3. The van der Waals surface area contributed by atoms with Crippen molar-refractivity contribution >= 4 is 11.9 Å². The molecule has 0 aliphatic rings. The Hall–Kier alpha value is -1.14. The minimum Gasteiger partial charge on any atom is -0.466 e. The lowest BCUT2D eigenvalue weighted by molar-refractivity contribution is -0.143. The highest BCUT2D eigenvalue weighted by atomic mass is 16.5. The summed E-state index contributed by atoms with van der Waals surface area (Å²) < 4.78 is 5.49. The third kappa shape index (κ3) is 54.0. The molecule has 0 aromatic heterocycles. The average Bonchev–Trinajstić information content (AvgIpc) is 3.33. The number of hydrogen-bond acceptors (Lipinski definition) is 5. The van der Waals surface area contributed by atoms with Gasteiger partial charge >= 0.3 is 5.97 Å². The Bertz CT molecular complexity index is 959. The van der Waals surface area contributed by atoms with Gasteiger partial charge in [0.25, 0.3) is 0 Å². The Morgan fingerprint density at radius 2 is 0.612 bits per heavy atom. The summed E-state index contributed by atoms with van der Waals surface area (Å²) in [5.74, 6) is -0.0147. The second-order valence-corrected chi connectivity index (χ2v) is 21.4. The first-order valence-electron chi connectivity index (χ1n) is 30.8. The van der Waals surface area contributed by atoms with Crippen molar-refractivity contribution in [2.45, 2.75) is 366 Å². The van der Waals surface area contributed by atoms with Gasteiger partial charge in [-0.2, -0.15) is 0 Å². The van der Waals surface area contributed by atoms with Gasteiger partial charge in [0.1, 0.15) is 0 Å². The molecule has 2 atom stereocenters. The molecule has 1 amide bonds. The number of aliphatic hydroxyl groups excluding tert-OH is 2. The zero-order chi connectivity index (χ0) is 48.6. The molecule has 67 heavy (non-hydrogen) atoms. The van der Waals surface area contributed by atoms with Crippen LogP contribution >= 0.6 is 0 Å². The fourth-order valence-corrected chi connectivity index (χ4v) is 9.94. The molecule has 0 saturated carbocycles. The Morgan fingerprint density at radius 1 is 0.358 bits per heavy atom. The van der Waals surface area contributed by atoms with E-state index in [1.54, 1.807) is 0 Å². The molecule has 400 valence electrons. The molecule has 0 spiro atoms. The number of aliphatic hydroxyl groups is 2. The molecular formula is C61H121NO5. The van der Waals surface area contributed by atoms with Crippen LogP contribution in [-0.4, -0.2) is 47.4 Å². The first-order chi connectivity index (χ1) is 33.0. The van der Waals surface area contributed by atoms with Crippen LogP contribution in [0.4, 0.5) is 0 Å². The predicted molar refractivity (Wildman–Crippen MR) is 292 cm³/mol. The van der Waals surface area contributed by atoms with Crippen LogP contribution in [0.5, 0.6) is 0 Å². The van der Waals surface area contributed by atoms with Gasteiger partial charge in [0.2, 0.25) is 5.91 Å². The summed E-state index contributed by atoms with van der Waals surface area (Å²) in [7, 11) is 0. The standard InChI is InChI=1S/C61H121NO5/c1-3-5-7-9-11-13-15-17-31-35-39-43-47-51-55-61(66)67-56-52-48-44-40-36-32-28-26-24-22-20-18-19-21-23-25-27-30-34-38-42-46-50-54-60(65)62-58(57-63)59(64)53-49-45-41-37-33-29-16-14-12-10-8-6-4-2/h58-59,63-64H,3-57H2,1-2H3,(H,62,65). The summed E-state index contributed by atoms with van der Waals surface area (Å²) in [6, 6.07) is -0.539. The molecule has 6 nitrogen and oxygen atoms in total. The molecule has 0 heterocycles. The number of ether oxygens (including phenoxy) is 1. The monoisotopic (exact) mass is 948 g/mol. The molecule has 0 aliphatic carbocycles. The van der Waals surface area contributed by atoms with Gasteiger partial charge in [-0.25, -0.2) is 0 Å². The van der Waals surface area contributed by atoms with Crippen LogP contribution in [0.3, 0.4) is 0 Å². The summed E-state index contributed by atoms with van der Waals surface area (Å²) in [5.41, 5.74) is 0. The van der Waals surface area contributed by atoms with Crippen LogP contribution in [0, 0.1) is 0 Å². The molecule has 0 aromatic rings. The number of amides is 1. The highest BCUT2D eigenvalue weighted by Crippen LogP contribution is 2.18. The molecule has 0 aromatic carbocycles. The minimum absolute atomic E-state index is 0.0176. The van der Waals surface area contributed by atoms with E-state index in [0.717, 1.165) is 38.5 Å². The van der Waals surface area contributed by atoms with Gasteiger partial charge in [-0.05, 0) is 25.7 Å². The van der Waals surface area contributed by atoms with Crippen molar-refractivity contribution < 1.29 is 24.5 Å². The number of carbonyl (C=O) groups excluding carboxylic acids is 2. The number of rotatable bonds is 58. The van der Waals surface area contributed by atoms with E-state index in [-0.39, 0.29) is 18.5 Å². The third-order valence-corrected chi connectivity index (χ3v) is 14.7. The zero-order valence-electron chi connectivity index (χ0n) is 45.7. The molecule has 3 N–H and O–H groups in total. The van der Waals surface area contributed by atoms with Crippen LogP contribution < -0.4 is 5.32 Å². The highest BCUT2D eigenvalue weighted by Gasteiger charge is 2.20. The van der Waals surface area contributed by atoms with Crippen molar-refractivity contribution in [2.24, 2.45) is 0 Å². The van der Waals surface area contributed by atoms with E-state index in [0.29, 0.717) is 25.9 Å². The van der Waals surface area contributed by atoms with E-state index in [4.69, 9.17) is 4.74 Å². The predicted octanol–water partition coefficient (Wildman–Crippen LogP) is 19.1. The quantitative estimate of drug-likeness (QED) is 0.0417. The lowest BCUT2D eigenvalue weighted by Crippen LogP contribution is -2.45. The molecule has 2 unspecified atom stereocenters. The van der Waals surface area contributed by atoms with Crippen LogP contribution in [0.15, 0.2) is 0 Å². The van der Waals surface area contributed by atoms with Gasteiger partial charge in [-0.3, -0.25) is 9.59 Å². The maximum Gasteiger partial charge on any atom is 0.305 e. The molecule has 0 radical (unpaired) electrons. The smallest absolute Gasteiger partial charge is 0.305 e. The van der Waals surface area contributed by atoms with Gasteiger partial charge in [0.05, 0.1) is 25.4 Å².